The van der Waals surface area contributed by atoms with Crippen LogP contribution in [0.2, 0.25) is 0 Å². The Hall–Kier alpha value is -2.08. The van der Waals surface area contributed by atoms with Crippen molar-refractivity contribution in [2.45, 2.75) is 50.6 Å². The van der Waals surface area contributed by atoms with Gasteiger partial charge in [0.05, 0.1) is 5.92 Å². The van der Waals surface area contributed by atoms with Crippen LogP contribution in [0, 0.1) is 5.92 Å². The third-order valence-corrected chi connectivity index (χ3v) is 6.11. The number of hydrogen-bond donors (Lipinski definition) is 2. The van der Waals surface area contributed by atoms with Crippen LogP contribution in [-0.4, -0.2) is 65.0 Å². The van der Waals surface area contributed by atoms with Crippen molar-refractivity contribution < 1.29 is 14.7 Å². The number of piperidine rings is 2. The van der Waals surface area contributed by atoms with Crippen LogP contribution in [0.5, 0.6) is 5.75 Å². The van der Waals surface area contributed by atoms with Gasteiger partial charge in [0.15, 0.2) is 0 Å². The first-order valence-corrected chi connectivity index (χ1v) is 10.2. The number of amides is 2. The summed E-state index contributed by atoms with van der Waals surface area (Å²) in [6.45, 7) is 3.37. The van der Waals surface area contributed by atoms with E-state index in [1.807, 2.05) is 4.90 Å². The average molecular weight is 371 g/mol. The van der Waals surface area contributed by atoms with Gasteiger partial charge in [-0.25, -0.2) is 0 Å². The van der Waals surface area contributed by atoms with E-state index in [4.69, 9.17) is 0 Å². The summed E-state index contributed by atoms with van der Waals surface area (Å²) in [5.74, 6) is 0.467. The number of rotatable bonds is 4. The molecule has 0 bridgehead atoms. The van der Waals surface area contributed by atoms with Crippen LogP contribution in [0.15, 0.2) is 24.3 Å². The standard InChI is InChI=1S/C21H29N3O3/c25-19-5-1-3-15(13-19)21(27)23-11-8-18(9-12-23)24-10-2-4-16(14-24)20(26)22-17-6-7-17/h1,3,5,13,16-18,25H,2,4,6-12,14H2,(H,22,26)/t16-/m1/s1. The second kappa shape index (κ2) is 7.89. The average Bonchev–Trinajstić information content (AvgIpc) is 3.51. The third-order valence-electron chi connectivity index (χ3n) is 6.11. The summed E-state index contributed by atoms with van der Waals surface area (Å²) in [5, 5.41) is 12.7. The Kier molecular flexibility index (Phi) is 5.34. The highest BCUT2D eigenvalue weighted by atomic mass is 16.3. The molecular weight excluding hydrogens is 342 g/mol. The SMILES string of the molecule is O=C(NC1CC1)[C@@H]1CCCN(C2CCN(C(=O)c3cccc(O)c3)CC2)C1. The molecule has 4 rings (SSSR count). The zero-order chi connectivity index (χ0) is 18.8. The van der Waals surface area contributed by atoms with E-state index in [-0.39, 0.29) is 23.5 Å². The predicted octanol–water partition coefficient (Wildman–Crippen LogP) is 1.99. The quantitative estimate of drug-likeness (QED) is 0.849. The van der Waals surface area contributed by atoms with Crippen LogP contribution in [0.3, 0.4) is 0 Å². The molecule has 0 radical (unpaired) electrons. The Morgan fingerprint density at radius 3 is 2.52 bits per heavy atom. The van der Waals surface area contributed by atoms with Crippen LogP contribution in [0.4, 0.5) is 0 Å². The molecule has 1 saturated carbocycles. The summed E-state index contributed by atoms with van der Waals surface area (Å²) in [4.78, 5) is 29.4. The Bertz CT molecular complexity index is 696. The first-order chi connectivity index (χ1) is 13.1. The number of nitrogens with one attached hydrogen (secondary N) is 1. The number of aromatic hydroxyl groups is 1. The summed E-state index contributed by atoms with van der Waals surface area (Å²) in [7, 11) is 0. The van der Waals surface area contributed by atoms with Gasteiger partial charge in [-0.1, -0.05) is 6.07 Å². The lowest BCUT2D eigenvalue weighted by Crippen LogP contribution is -2.51. The molecule has 146 valence electrons. The zero-order valence-corrected chi connectivity index (χ0v) is 15.8. The minimum Gasteiger partial charge on any atom is -0.508 e. The van der Waals surface area contributed by atoms with Gasteiger partial charge in [-0.2, -0.15) is 0 Å². The maximum absolute atomic E-state index is 12.6. The van der Waals surface area contributed by atoms with E-state index in [1.165, 1.54) is 6.07 Å². The number of phenols is 1. The van der Waals surface area contributed by atoms with Gasteiger partial charge in [-0.3, -0.25) is 14.5 Å². The number of nitrogens with zero attached hydrogens (tertiary/aromatic N) is 2. The van der Waals surface area contributed by atoms with Crippen molar-refractivity contribution in [2.75, 3.05) is 26.2 Å². The normalized spacial score (nSPS) is 24.6. The van der Waals surface area contributed by atoms with E-state index >= 15 is 0 Å². The van der Waals surface area contributed by atoms with E-state index in [2.05, 4.69) is 10.2 Å². The molecule has 0 aromatic heterocycles. The molecule has 1 aromatic rings. The van der Waals surface area contributed by atoms with Crippen molar-refractivity contribution in [2.24, 2.45) is 5.92 Å². The first-order valence-electron chi connectivity index (χ1n) is 10.2. The molecule has 3 fully saturated rings. The maximum atomic E-state index is 12.6. The van der Waals surface area contributed by atoms with Crippen LogP contribution < -0.4 is 5.32 Å². The topological polar surface area (TPSA) is 72.9 Å². The number of carbonyl (C=O) groups excluding carboxylic acids is 2. The lowest BCUT2D eigenvalue weighted by molar-refractivity contribution is -0.127. The third kappa shape index (κ3) is 4.43. The zero-order valence-electron chi connectivity index (χ0n) is 15.8. The van der Waals surface area contributed by atoms with Crippen molar-refractivity contribution in [1.82, 2.24) is 15.1 Å². The minimum absolute atomic E-state index is 0.00955. The first kappa shape index (κ1) is 18.3. The summed E-state index contributed by atoms with van der Waals surface area (Å²) in [5.41, 5.74) is 0.545. The number of hydrogen-bond acceptors (Lipinski definition) is 4. The van der Waals surface area contributed by atoms with E-state index in [9.17, 15) is 14.7 Å². The molecule has 1 aliphatic carbocycles. The van der Waals surface area contributed by atoms with Crippen LogP contribution in [0.25, 0.3) is 0 Å². The van der Waals surface area contributed by atoms with Gasteiger partial charge in [0.2, 0.25) is 5.91 Å². The number of benzene rings is 1. The Morgan fingerprint density at radius 1 is 1.04 bits per heavy atom. The molecule has 0 unspecified atom stereocenters. The van der Waals surface area contributed by atoms with Gasteiger partial charge < -0.3 is 15.3 Å². The Balaban J connectivity index is 1.29. The van der Waals surface area contributed by atoms with Gasteiger partial charge in [0.25, 0.3) is 5.91 Å². The van der Waals surface area contributed by atoms with Crippen molar-refractivity contribution in [3.63, 3.8) is 0 Å². The molecule has 2 aliphatic heterocycles. The molecule has 2 amide bonds. The van der Waals surface area contributed by atoms with Gasteiger partial charge >= 0.3 is 0 Å². The van der Waals surface area contributed by atoms with Crippen LogP contribution in [0.1, 0.15) is 48.9 Å². The van der Waals surface area contributed by atoms with Crippen molar-refractivity contribution in [1.29, 1.82) is 0 Å². The monoisotopic (exact) mass is 371 g/mol. The van der Waals surface area contributed by atoms with E-state index in [0.29, 0.717) is 17.6 Å². The largest absolute Gasteiger partial charge is 0.508 e. The Labute approximate surface area is 160 Å². The van der Waals surface area contributed by atoms with Crippen LogP contribution in [-0.2, 0) is 4.79 Å². The highest BCUT2D eigenvalue weighted by Gasteiger charge is 2.34. The Morgan fingerprint density at radius 2 is 1.81 bits per heavy atom. The highest BCUT2D eigenvalue weighted by Crippen LogP contribution is 2.26. The minimum atomic E-state index is -0.00955. The second-order valence-electron chi connectivity index (χ2n) is 8.19. The summed E-state index contributed by atoms with van der Waals surface area (Å²) >= 11 is 0. The summed E-state index contributed by atoms with van der Waals surface area (Å²) < 4.78 is 0. The van der Waals surface area contributed by atoms with Gasteiger partial charge in [-0.05, 0) is 63.3 Å². The van der Waals surface area contributed by atoms with Gasteiger partial charge in [0, 0.05) is 37.3 Å². The fourth-order valence-corrected chi connectivity index (χ4v) is 4.35. The molecule has 27 heavy (non-hydrogen) atoms. The predicted molar refractivity (Wildman–Crippen MR) is 102 cm³/mol. The molecule has 1 atom stereocenters. The van der Waals surface area contributed by atoms with E-state index < -0.39 is 0 Å². The molecule has 2 N–H and O–H groups in total. The van der Waals surface area contributed by atoms with Crippen molar-refractivity contribution >= 4 is 11.8 Å². The van der Waals surface area contributed by atoms with Crippen molar-refractivity contribution in [3.8, 4) is 5.75 Å². The fraction of sp³-hybridized carbons (Fsp3) is 0.619. The summed E-state index contributed by atoms with van der Waals surface area (Å²) in [6, 6.07) is 7.45. The lowest BCUT2D eigenvalue weighted by atomic mass is 9.93. The second-order valence-corrected chi connectivity index (χ2v) is 8.19. The maximum Gasteiger partial charge on any atom is 0.253 e. The molecule has 3 aliphatic rings. The molecule has 6 nitrogen and oxygen atoms in total. The number of likely N-dealkylation sites (tertiary alicyclic amines) is 2. The summed E-state index contributed by atoms with van der Waals surface area (Å²) in [6.07, 6.45) is 6.22. The molecule has 6 heteroatoms. The lowest BCUT2D eigenvalue weighted by Gasteiger charge is -2.42. The molecule has 2 heterocycles. The smallest absolute Gasteiger partial charge is 0.253 e. The highest BCUT2D eigenvalue weighted by molar-refractivity contribution is 5.94. The molecular formula is C21H29N3O3. The molecule has 0 spiro atoms. The molecule has 2 saturated heterocycles. The van der Waals surface area contributed by atoms with Gasteiger partial charge in [-0.15, -0.1) is 0 Å². The van der Waals surface area contributed by atoms with Crippen LogP contribution >= 0.6 is 0 Å². The fourth-order valence-electron chi connectivity index (χ4n) is 4.35. The van der Waals surface area contributed by atoms with E-state index in [0.717, 1.165) is 64.7 Å². The molecule has 1 aromatic carbocycles. The number of phenolic OH excluding ortho intramolecular Hbond substituents is 1. The van der Waals surface area contributed by atoms with Crippen molar-refractivity contribution in [3.05, 3.63) is 29.8 Å². The number of carbonyl (C=O) groups is 2. The van der Waals surface area contributed by atoms with Gasteiger partial charge in [0.1, 0.15) is 5.75 Å². The van der Waals surface area contributed by atoms with E-state index in [1.54, 1.807) is 18.2 Å².